The molecule has 36 heavy (non-hydrogen) atoms. The normalized spacial score (nSPS) is 15.9. The average molecular weight is 502 g/mol. The van der Waals surface area contributed by atoms with E-state index in [0.29, 0.717) is 0 Å². The van der Waals surface area contributed by atoms with E-state index in [-0.39, 0.29) is 17.1 Å². The number of aliphatic hydroxyl groups is 1. The molecule has 1 aliphatic rings. The monoisotopic (exact) mass is 501 g/mol. The Morgan fingerprint density at radius 1 is 0.889 bits per heavy atom. The minimum atomic E-state index is -2.71. The van der Waals surface area contributed by atoms with Gasteiger partial charge in [-0.15, -0.1) is 0 Å². The van der Waals surface area contributed by atoms with Crippen molar-refractivity contribution in [2.75, 3.05) is 19.7 Å². The molecule has 0 saturated heterocycles. The zero-order valence-electron chi connectivity index (χ0n) is 22.7. The fourth-order valence-electron chi connectivity index (χ4n) is 5.43. The van der Waals surface area contributed by atoms with Crippen LogP contribution in [0.1, 0.15) is 58.1 Å². The fourth-order valence-corrected chi connectivity index (χ4v) is 9.84. The van der Waals surface area contributed by atoms with Crippen molar-refractivity contribution in [2.24, 2.45) is 5.92 Å². The van der Waals surface area contributed by atoms with Gasteiger partial charge in [0.15, 0.2) is 0 Å². The summed E-state index contributed by atoms with van der Waals surface area (Å²) < 4.78 is 7.28. The van der Waals surface area contributed by atoms with Crippen molar-refractivity contribution in [3.05, 3.63) is 90.0 Å². The lowest BCUT2D eigenvalue weighted by atomic mass is 9.78. The number of hydrogen-bond donors (Lipinski definition) is 2. The SMILES string of the molecule is Cc1ccc(O[Si](c2ccccc2)(c2ccccc2)C(C)(C)C)cc1[C@@](C)(CO)CCNCC1CC1. The second-order valence-corrected chi connectivity index (χ2v) is 16.1. The van der Waals surface area contributed by atoms with Crippen molar-refractivity contribution < 1.29 is 9.53 Å². The molecular weight excluding hydrogens is 458 g/mol. The van der Waals surface area contributed by atoms with E-state index in [1.807, 2.05) is 0 Å². The Morgan fingerprint density at radius 3 is 1.97 bits per heavy atom. The Labute approximate surface area is 219 Å². The highest BCUT2D eigenvalue weighted by molar-refractivity contribution is 7.00. The molecule has 1 aliphatic carbocycles. The summed E-state index contributed by atoms with van der Waals surface area (Å²) in [5.41, 5.74) is 2.04. The molecular formula is C32H43NO2Si. The second kappa shape index (κ2) is 10.9. The molecule has 1 fully saturated rings. The summed E-state index contributed by atoms with van der Waals surface area (Å²) in [5.74, 6) is 1.74. The van der Waals surface area contributed by atoms with Crippen molar-refractivity contribution >= 4 is 18.7 Å². The lowest BCUT2D eigenvalue weighted by molar-refractivity contribution is 0.195. The lowest BCUT2D eigenvalue weighted by Gasteiger charge is -2.43. The van der Waals surface area contributed by atoms with Crippen LogP contribution < -0.4 is 20.1 Å². The molecule has 0 unspecified atom stereocenters. The summed E-state index contributed by atoms with van der Waals surface area (Å²) in [6, 6.07) is 28.0. The number of nitrogens with one attached hydrogen (secondary N) is 1. The smallest absolute Gasteiger partial charge is 0.319 e. The summed E-state index contributed by atoms with van der Waals surface area (Å²) in [7, 11) is -2.71. The van der Waals surface area contributed by atoms with Crippen LogP contribution in [-0.2, 0) is 5.41 Å². The quantitative estimate of drug-likeness (QED) is 0.266. The maximum Gasteiger partial charge on any atom is 0.319 e. The zero-order valence-corrected chi connectivity index (χ0v) is 23.7. The summed E-state index contributed by atoms with van der Waals surface area (Å²) in [6.45, 7) is 13.4. The molecule has 192 valence electrons. The third-order valence-corrected chi connectivity index (χ3v) is 12.8. The molecule has 0 aliphatic heterocycles. The summed E-state index contributed by atoms with van der Waals surface area (Å²) in [6.07, 6.45) is 3.59. The van der Waals surface area contributed by atoms with Crippen LogP contribution in [0.15, 0.2) is 78.9 Å². The third kappa shape index (κ3) is 5.61. The van der Waals surface area contributed by atoms with Gasteiger partial charge in [0.2, 0.25) is 0 Å². The van der Waals surface area contributed by atoms with Gasteiger partial charge in [0.25, 0.3) is 0 Å². The molecule has 3 aromatic carbocycles. The minimum Gasteiger partial charge on any atom is -0.534 e. The molecule has 3 nitrogen and oxygen atoms in total. The van der Waals surface area contributed by atoms with Crippen LogP contribution in [-0.4, -0.2) is 33.1 Å². The second-order valence-electron chi connectivity index (χ2n) is 11.9. The lowest BCUT2D eigenvalue weighted by Crippen LogP contribution is -2.68. The Morgan fingerprint density at radius 2 is 1.47 bits per heavy atom. The van der Waals surface area contributed by atoms with Crippen LogP contribution >= 0.6 is 0 Å². The molecule has 0 spiro atoms. The maximum absolute atomic E-state index is 10.5. The first kappa shape index (κ1) is 26.7. The molecule has 3 aromatic rings. The van der Waals surface area contributed by atoms with Crippen molar-refractivity contribution in [1.82, 2.24) is 5.32 Å². The van der Waals surface area contributed by atoms with Gasteiger partial charge >= 0.3 is 8.32 Å². The summed E-state index contributed by atoms with van der Waals surface area (Å²) in [5, 5.41) is 16.6. The number of aliphatic hydroxyl groups excluding tert-OH is 1. The standard InChI is InChI=1S/C32H43NO2Si/c1-25-16-19-27(22-30(25)32(5,24-34)20-21-33-23-26-17-18-26)35-36(31(2,3)4,28-12-8-6-9-13-28)29-14-10-7-11-15-29/h6-16,19,22,26,33-34H,17-18,20-21,23-24H2,1-5H3/t32-/m1/s1. The highest BCUT2D eigenvalue weighted by Gasteiger charge is 2.52. The number of rotatable bonds is 11. The van der Waals surface area contributed by atoms with Gasteiger partial charge in [-0.05, 0) is 83.9 Å². The average Bonchev–Trinajstić information content (AvgIpc) is 3.71. The maximum atomic E-state index is 10.5. The van der Waals surface area contributed by atoms with Crippen molar-refractivity contribution in [3.63, 3.8) is 0 Å². The molecule has 0 aromatic heterocycles. The molecule has 0 bridgehead atoms. The minimum absolute atomic E-state index is 0.103. The van der Waals surface area contributed by atoms with Crippen LogP contribution in [0.25, 0.3) is 0 Å². The number of benzene rings is 3. The largest absolute Gasteiger partial charge is 0.534 e. The Balaban J connectivity index is 1.73. The van der Waals surface area contributed by atoms with Crippen molar-refractivity contribution in [2.45, 2.75) is 64.3 Å². The molecule has 4 rings (SSSR count). The molecule has 2 N–H and O–H groups in total. The first-order valence-electron chi connectivity index (χ1n) is 13.4. The van der Waals surface area contributed by atoms with Crippen LogP contribution in [0.2, 0.25) is 5.04 Å². The fraction of sp³-hybridized carbons (Fsp3) is 0.438. The van der Waals surface area contributed by atoms with Crippen LogP contribution in [0.5, 0.6) is 5.75 Å². The van der Waals surface area contributed by atoms with Crippen LogP contribution in [0.4, 0.5) is 0 Å². The highest BCUT2D eigenvalue weighted by atomic mass is 28.4. The van der Waals surface area contributed by atoms with E-state index < -0.39 is 8.32 Å². The van der Waals surface area contributed by atoms with Gasteiger partial charge in [-0.2, -0.15) is 0 Å². The molecule has 0 heterocycles. The van der Waals surface area contributed by atoms with E-state index in [1.54, 1.807) is 0 Å². The molecule has 0 amide bonds. The Bertz CT molecular complexity index is 1080. The Kier molecular flexibility index (Phi) is 8.08. The molecule has 4 heteroatoms. The van der Waals surface area contributed by atoms with Gasteiger partial charge < -0.3 is 14.8 Å². The summed E-state index contributed by atoms with van der Waals surface area (Å²) in [4.78, 5) is 0. The van der Waals surface area contributed by atoms with Gasteiger partial charge in [0.05, 0.1) is 6.61 Å². The first-order valence-corrected chi connectivity index (χ1v) is 15.3. The van der Waals surface area contributed by atoms with Crippen molar-refractivity contribution in [1.29, 1.82) is 0 Å². The van der Waals surface area contributed by atoms with Gasteiger partial charge in [0, 0.05) is 5.41 Å². The number of aryl methyl sites for hydroxylation is 1. The summed E-state index contributed by atoms with van der Waals surface area (Å²) >= 11 is 0. The zero-order chi connectivity index (χ0) is 25.8. The first-order chi connectivity index (χ1) is 17.2. The van der Waals surface area contributed by atoms with E-state index in [4.69, 9.17) is 4.43 Å². The molecule has 1 atom stereocenters. The molecule has 0 radical (unpaired) electrons. The van der Waals surface area contributed by atoms with Gasteiger partial charge in [-0.25, -0.2) is 0 Å². The topological polar surface area (TPSA) is 41.5 Å². The van der Waals surface area contributed by atoms with Gasteiger partial charge in [0.1, 0.15) is 5.75 Å². The Hall–Kier alpha value is -2.40. The molecule has 1 saturated carbocycles. The van der Waals surface area contributed by atoms with Crippen LogP contribution in [0, 0.1) is 12.8 Å². The van der Waals surface area contributed by atoms with Gasteiger partial charge in [-0.1, -0.05) is 94.4 Å². The van der Waals surface area contributed by atoms with Crippen LogP contribution in [0.3, 0.4) is 0 Å². The number of hydrogen-bond acceptors (Lipinski definition) is 3. The predicted octanol–water partition coefficient (Wildman–Crippen LogP) is 5.57. The van der Waals surface area contributed by atoms with E-state index in [1.165, 1.54) is 34.3 Å². The van der Waals surface area contributed by atoms with E-state index in [9.17, 15) is 5.11 Å². The van der Waals surface area contributed by atoms with E-state index in [0.717, 1.165) is 31.2 Å². The van der Waals surface area contributed by atoms with Crippen molar-refractivity contribution in [3.8, 4) is 5.75 Å². The predicted molar refractivity (Wildman–Crippen MR) is 154 cm³/mol. The van der Waals surface area contributed by atoms with Gasteiger partial charge in [-0.3, -0.25) is 0 Å². The third-order valence-electron chi connectivity index (χ3n) is 7.88. The van der Waals surface area contributed by atoms with E-state index >= 15 is 0 Å². The highest BCUT2D eigenvalue weighted by Crippen LogP contribution is 2.39. The van der Waals surface area contributed by atoms with E-state index in [2.05, 4.69) is 119 Å².